The number of nitrogens with zero attached hydrogens (tertiary/aromatic N) is 5. The smallest absolute Gasteiger partial charge is 0.238 e. The minimum atomic E-state index is -0.120. The Balaban J connectivity index is 1.18. The van der Waals surface area contributed by atoms with Crippen LogP contribution >= 0.6 is 0 Å². The van der Waals surface area contributed by atoms with Crippen LogP contribution in [0.1, 0.15) is 44.2 Å². The summed E-state index contributed by atoms with van der Waals surface area (Å²) in [7, 11) is 0. The summed E-state index contributed by atoms with van der Waals surface area (Å²) in [6, 6.07) is 54.1. The zero-order chi connectivity index (χ0) is 38.1. The topological polar surface area (TPSA) is 46.8 Å². The van der Waals surface area contributed by atoms with Gasteiger partial charge in [0.1, 0.15) is 0 Å². The Bertz CT molecular complexity index is 2960. The van der Waals surface area contributed by atoms with Crippen molar-refractivity contribution in [1.29, 1.82) is 0 Å². The fourth-order valence-electron chi connectivity index (χ4n) is 9.49. The van der Waals surface area contributed by atoms with Crippen LogP contribution < -0.4 is 15.5 Å². The summed E-state index contributed by atoms with van der Waals surface area (Å²) in [5.41, 5.74) is 12.9. The Morgan fingerprint density at radius 1 is 0.614 bits per heavy atom. The average Bonchev–Trinajstić information content (AvgIpc) is 3.72. The lowest BCUT2D eigenvalue weighted by atomic mass is 9.82. The van der Waals surface area contributed by atoms with Crippen molar-refractivity contribution in [3.05, 3.63) is 186 Å². The molecular weight excluding hydrogens is 695 g/mol. The van der Waals surface area contributed by atoms with E-state index in [1.165, 1.54) is 38.4 Å². The fourth-order valence-corrected chi connectivity index (χ4v) is 9.49. The molecule has 0 amide bonds. The minimum Gasteiger partial charge on any atom is -0.310 e. The summed E-state index contributed by atoms with van der Waals surface area (Å²) in [6.45, 7) is 4.70. The first kappa shape index (κ1) is 33.5. The molecule has 1 unspecified atom stereocenters. The molecule has 5 heteroatoms. The van der Waals surface area contributed by atoms with Crippen LogP contribution in [0.3, 0.4) is 0 Å². The van der Waals surface area contributed by atoms with Crippen LogP contribution in [-0.4, -0.2) is 19.5 Å². The molecule has 0 bridgehead atoms. The first-order valence-electron chi connectivity index (χ1n) is 20.1. The molecule has 1 atom stereocenters. The van der Waals surface area contributed by atoms with Crippen LogP contribution in [0.2, 0.25) is 0 Å². The highest BCUT2D eigenvalue weighted by molar-refractivity contribution is 5.93. The molecule has 3 aliphatic rings. The summed E-state index contributed by atoms with van der Waals surface area (Å²) in [6.07, 6.45) is 10.4. The summed E-state index contributed by atoms with van der Waals surface area (Å²) in [5, 5.41) is 3.64. The third-order valence-electron chi connectivity index (χ3n) is 12.3. The molecule has 0 saturated carbocycles. The SMILES string of the molecule is CC1(C)c2ccccc2-c2ccc(N(c3ccccc3)c3ccc4c5c(n(-c6nc(-c7ccccc7)nc(-c7ccccc7)n6)c4c3)=CCC3CCC=CC=53)cc21. The van der Waals surface area contributed by atoms with E-state index in [0.717, 1.165) is 58.3 Å². The zero-order valence-corrected chi connectivity index (χ0v) is 32.1. The van der Waals surface area contributed by atoms with Crippen LogP contribution in [0.5, 0.6) is 0 Å². The first-order valence-corrected chi connectivity index (χ1v) is 20.1. The predicted octanol–water partition coefficient (Wildman–Crippen LogP) is 11.2. The molecular formula is C52H41N5. The van der Waals surface area contributed by atoms with E-state index < -0.39 is 0 Å². The van der Waals surface area contributed by atoms with Crippen LogP contribution in [0.25, 0.3) is 62.4 Å². The summed E-state index contributed by atoms with van der Waals surface area (Å²) >= 11 is 0. The van der Waals surface area contributed by atoms with Gasteiger partial charge < -0.3 is 4.90 Å². The van der Waals surface area contributed by atoms with Gasteiger partial charge in [0, 0.05) is 44.2 Å². The maximum Gasteiger partial charge on any atom is 0.238 e. The van der Waals surface area contributed by atoms with Gasteiger partial charge in [-0.05, 0) is 89.4 Å². The molecule has 0 fully saturated rings. The van der Waals surface area contributed by atoms with Crippen molar-refractivity contribution >= 4 is 39.6 Å². The van der Waals surface area contributed by atoms with E-state index in [9.17, 15) is 0 Å². The molecule has 11 rings (SSSR count). The van der Waals surface area contributed by atoms with E-state index in [-0.39, 0.29) is 5.41 Å². The highest BCUT2D eigenvalue weighted by Gasteiger charge is 2.36. The number of allylic oxidation sites excluding steroid dienone is 2. The van der Waals surface area contributed by atoms with Gasteiger partial charge in [0.2, 0.25) is 5.95 Å². The van der Waals surface area contributed by atoms with Gasteiger partial charge >= 0.3 is 0 Å². The summed E-state index contributed by atoms with van der Waals surface area (Å²) in [4.78, 5) is 18.0. The fraction of sp³-hybridized carbons (Fsp3) is 0.135. The van der Waals surface area contributed by atoms with Crippen molar-refractivity contribution in [2.75, 3.05) is 4.90 Å². The van der Waals surface area contributed by atoms with Crippen LogP contribution in [0.4, 0.5) is 17.1 Å². The second kappa shape index (κ2) is 13.1. The van der Waals surface area contributed by atoms with E-state index in [0.29, 0.717) is 23.5 Å². The number of anilines is 3. The average molecular weight is 736 g/mol. The van der Waals surface area contributed by atoms with Gasteiger partial charge in [-0.3, -0.25) is 4.57 Å². The molecule has 274 valence electrons. The van der Waals surface area contributed by atoms with Crippen LogP contribution in [0, 0.1) is 5.92 Å². The van der Waals surface area contributed by atoms with Crippen molar-refractivity contribution in [1.82, 2.24) is 19.5 Å². The van der Waals surface area contributed by atoms with Crippen LogP contribution in [0.15, 0.2) is 164 Å². The first-order chi connectivity index (χ1) is 28.0. The second-order valence-electron chi connectivity index (χ2n) is 16.0. The van der Waals surface area contributed by atoms with Crippen molar-refractivity contribution in [3.8, 4) is 39.9 Å². The van der Waals surface area contributed by atoms with Gasteiger partial charge in [0.05, 0.1) is 10.9 Å². The van der Waals surface area contributed by atoms with Gasteiger partial charge in [0.15, 0.2) is 11.6 Å². The number of para-hydroxylation sites is 1. The highest BCUT2D eigenvalue weighted by Crippen LogP contribution is 2.50. The third-order valence-corrected chi connectivity index (χ3v) is 12.3. The normalized spacial score (nSPS) is 16.0. The number of hydrogen-bond donors (Lipinski definition) is 0. The summed E-state index contributed by atoms with van der Waals surface area (Å²) < 4.78 is 2.30. The Kier molecular flexibility index (Phi) is 7.71. The second-order valence-corrected chi connectivity index (χ2v) is 16.0. The molecule has 0 aliphatic heterocycles. The van der Waals surface area contributed by atoms with E-state index >= 15 is 0 Å². The van der Waals surface area contributed by atoms with Gasteiger partial charge in [-0.1, -0.05) is 147 Å². The molecule has 0 saturated heterocycles. The Hall–Kier alpha value is -6.85. The molecule has 8 aromatic rings. The van der Waals surface area contributed by atoms with Gasteiger partial charge in [-0.2, -0.15) is 9.97 Å². The van der Waals surface area contributed by atoms with E-state index in [1.54, 1.807) is 0 Å². The van der Waals surface area contributed by atoms with E-state index in [4.69, 9.17) is 15.0 Å². The Morgan fingerprint density at radius 3 is 1.98 bits per heavy atom. The lowest BCUT2D eigenvalue weighted by Crippen LogP contribution is -2.36. The standard InChI is InChI=1S/C52H41N5/c1-52(2)44-25-15-14-24-41(44)42-29-27-38(32-45(42)52)56(37-21-10-5-11-22-37)39-28-30-43-47(33-39)57(46-31-26-34-16-12-13-23-40(34)48(43)46)51-54-49(35-17-6-3-7-18-35)53-50(55-51)36-19-8-4-9-20-36/h3-11,13-15,17-25,27-34H,12,16,26H2,1-2H3. The molecule has 5 nitrogen and oxygen atoms in total. The highest BCUT2D eigenvalue weighted by atomic mass is 15.2. The van der Waals surface area contributed by atoms with Crippen molar-refractivity contribution in [2.24, 2.45) is 5.92 Å². The van der Waals surface area contributed by atoms with Crippen LogP contribution in [-0.2, 0) is 5.41 Å². The van der Waals surface area contributed by atoms with E-state index in [1.807, 2.05) is 36.4 Å². The molecule has 3 aliphatic carbocycles. The van der Waals surface area contributed by atoms with Crippen molar-refractivity contribution < 1.29 is 0 Å². The maximum atomic E-state index is 5.28. The Labute approximate surface area is 332 Å². The molecule has 0 spiro atoms. The predicted molar refractivity (Wildman–Crippen MR) is 233 cm³/mol. The largest absolute Gasteiger partial charge is 0.310 e. The molecule has 2 aromatic heterocycles. The monoisotopic (exact) mass is 735 g/mol. The van der Waals surface area contributed by atoms with Gasteiger partial charge in [-0.25, -0.2) is 4.98 Å². The zero-order valence-electron chi connectivity index (χ0n) is 32.1. The third kappa shape index (κ3) is 5.41. The lowest BCUT2D eigenvalue weighted by Gasteiger charge is -2.28. The molecule has 57 heavy (non-hydrogen) atoms. The number of aromatic nitrogens is 4. The Morgan fingerprint density at radius 2 is 1.25 bits per heavy atom. The van der Waals surface area contributed by atoms with Crippen molar-refractivity contribution in [2.45, 2.75) is 38.5 Å². The number of rotatable bonds is 6. The number of fused-ring (bicyclic) bond motifs is 7. The molecule has 2 heterocycles. The number of hydrogen-bond acceptors (Lipinski definition) is 4. The molecule has 0 radical (unpaired) electrons. The van der Waals surface area contributed by atoms with E-state index in [2.05, 4.69) is 157 Å². The minimum absolute atomic E-state index is 0.120. The quantitative estimate of drug-likeness (QED) is 0.171. The molecule has 6 aromatic carbocycles. The summed E-state index contributed by atoms with van der Waals surface area (Å²) in [5.74, 6) is 2.42. The van der Waals surface area contributed by atoms with Gasteiger partial charge in [-0.15, -0.1) is 0 Å². The molecule has 0 N–H and O–H groups in total. The van der Waals surface area contributed by atoms with Crippen molar-refractivity contribution in [3.63, 3.8) is 0 Å². The lowest BCUT2D eigenvalue weighted by molar-refractivity contribution is 0.617. The maximum absolute atomic E-state index is 5.28. The number of benzene rings is 6. The van der Waals surface area contributed by atoms with Gasteiger partial charge in [0.25, 0.3) is 0 Å².